The van der Waals surface area contributed by atoms with Crippen molar-refractivity contribution in [2.24, 2.45) is 0 Å². The Morgan fingerprint density at radius 2 is 2.00 bits per heavy atom. The average molecular weight is 268 g/mol. The molecule has 2 aromatic rings. The van der Waals surface area contributed by atoms with Crippen LogP contribution in [0, 0.1) is 5.82 Å². The van der Waals surface area contributed by atoms with Crippen LogP contribution in [-0.4, -0.2) is 17.0 Å². The highest BCUT2D eigenvalue weighted by Crippen LogP contribution is 2.25. The van der Waals surface area contributed by atoms with Gasteiger partial charge in [-0.1, -0.05) is 17.7 Å². The summed E-state index contributed by atoms with van der Waals surface area (Å²) in [6.07, 6.45) is 0. The van der Waals surface area contributed by atoms with Gasteiger partial charge in [0, 0.05) is 13.1 Å². The maximum Gasteiger partial charge on any atom is 0.223 e. The quantitative estimate of drug-likeness (QED) is 0.797. The summed E-state index contributed by atoms with van der Waals surface area (Å²) in [5.74, 6) is 0.467. The van der Waals surface area contributed by atoms with E-state index in [0.717, 1.165) is 0 Å². The molecule has 5 nitrogen and oxygen atoms in total. The smallest absolute Gasteiger partial charge is 0.223 e. The fourth-order valence-corrected chi connectivity index (χ4v) is 1.57. The van der Waals surface area contributed by atoms with Gasteiger partial charge in [0.2, 0.25) is 5.95 Å². The standard InChI is InChI=1S/C11H11ClFN5/c1-15-8-5-9(18-11(14)17-8)16-7-4-2-3-6(12)10(7)13/h2-5H,1H3,(H4,14,15,16,17,18). The molecule has 94 valence electrons. The minimum atomic E-state index is -0.539. The van der Waals surface area contributed by atoms with E-state index < -0.39 is 5.82 Å². The van der Waals surface area contributed by atoms with Crippen LogP contribution >= 0.6 is 11.6 Å². The van der Waals surface area contributed by atoms with E-state index in [2.05, 4.69) is 20.6 Å². The monoisotopic (exact) mass is 267 g/mol. The van der Waals surface area contributed by atoms with Gasteiger partial charge in [0.1, 0.15) is 11.6 Å². The van der Waals surface area contributed by atoms with Gasteiger partial charge >= 0.3 is 0 Å². The lowest BCUT2D eigenvalue weighted by Gasteiger charge is -2.09. The minimum Gasteiger partial charge on any atom is -0.373 e. The van der Waals surface area contributed by atoms with Gasteiger partial charge in [-0.25, -0.2) is 4.39 Å². The van der Waals surface area contributed by atoms with Gasteiger partial charge in [0.25, 0.3) is 0 Å². The second-order valence-electron chi connectivity index (χ2n) is 3.47. The lowest BCUT2D eigenvalue weighted by atomic mass is 10.3. The SMILES string of the molecule is CNc1cc(Nc2cccc(Cl)c2F)nc(N)n1. The molecule has 1 aromatic carbocycles. The molecule has 0 amide bonds. The summed E-state index contributed by atoms with van der Waals surface area (Å²) >= 11 is 5.69. The number of aromatic nitrogens is 2. The van der Waals surface area contributed by atoms with E-state index in [0.29, 0.717) is 11.6 Å². The highest BCUT2D eigenvalue weighted by Gasteiger charge is 2.08. The molecule has 1 aromatic heterocycles. The fourth-order valence-electron chi connectivity index (χ4n) is 1.40. The van der Waals surface area contributed by atoms with Crippen molar-refractivity contribution in [2.45, 2.75) is 0 Å². The zero-order valence-corrected chi connectivity index (χ0v) is 10.3. The van der Waals surface area contributed by atoms with E-state index in [9.17, 15) is 4.39 Å². The van der Waals surface area contributed by atoms with E-state index >= 15 is 0 Å². The molecule has 0 spiro atoms. The van der Waals surface area contributed by atoms with Crippen molar-refractivity contribution >= 4 is 34.9 Å². The Labute approximate surface area is 108 Å². The molecular formula is C11H11ClFN5. The van der Waals surface area contributed by atoms with Gasteiger partial charge in [0.05, 0.1) is 10.7 Å². The Kier molecular flexibility index (Phi) is 3.47. The predicted molar refractivity (Wildman–Crippen MR) is 70.7 cm³/mol. The first-order valence-electron chi connectivity index (χ1n) is 5.13. The van der Waals surface area contributed by atoms with Gasteiger partial charge in [-0.15, -0.1) is 0 Å². The largest absolute Gasteiger partial charge is 0.373 e. The molecule has 0 aliphatic heterocycles. The van der Waals surface area contributed by atoms with Crippen LogP contribution in [0.5, 0.6) is 0 Å². The number of hydrogen-bond donors (Lipinski definition) is 3. The Morgan fingerprint density at radius 1 is 1.28 bits per heavy atom. The number of hydrogen-bond acceptors (Lipinski definition) is 5. The van der Waals surface area contributed by atoms with Crippen LogP contribution < -0.4 is 16.4 Å². The highest BCUT2D eigenvalue weighted by molar-refractivity contribution is 6.31. The summed E-state index contributed by atoms with van der Waals surface area (Å²) in [7, 11) is 1.70. The second kappa shape index (κ2) is 5.05. The molecule has 0 aliphatic rings. The van der Waals surface area contributed by atoms with E-state index in [-0.39, 0.29) is 16.7 Å². The molecule has 0 fully saturated rings. The summed E-state index contributed by atoms with van der Waals surface area (Å²) in [6, 6.07) is 6.27. The summed E-state index contributed by atoms with van der Waals surface area (Å²) < 4.78 is 13.7. The van der Waals surface area contributed by atoms with Crippen LogP contribution in [-0.2, 0) is 0 Å². The molecule has 2 rings (SSSR count). The van der Waals surface area contributed by atoms with Crippen LogP contribution in [0.2, 0.25) is 5.02 Å². The highest BCUT2D eigenvalue weighted by atomic mass is 35.5. The summed E-state index contributed by atoms with van der Waals surface area (Å²) in [6.45, 7) is 0. The maximum atomic E-state index is 13.7. The van der Waals surface area contributed by atoms with Crippen LogP contribution in [0.1, 0.15) is 0 Å². The lowest BCUT2D eigenvalue weighted by Crippen LogP contribution is -2.04. The normalized spacial score (nSPS) is 10.2. The van der Waals surface area contributed by atoms with Crippen LogP contribution in [0.15, 0.2) is 24.3 Å². The maximum absolute atomic E-state index is 13.7. The minimum absolute atomic E-state index is 0.0378. The second-order valence-corrected chi connectivity index (χ2v) is 3.88. The number of rotatable bonds is 3. The Hall–Kier alpha value is -2.08. The summed E-state index contributed by atoms with van der Waals surface area (Å²) in [5, 5.41) is 5.66. The first kappa shape index (κ1) is 12.4. The fraction of sp³-hybridized carbons (Fsp3) is 0.0909. The van der Waals surface area contributed by atoms with Crippen molar-refractivity contribution in [1.29, 1.82) is 0 Å². The van der Waals surface area contributed by atoms with E-state index in [1.165, 1.54) is 6.07 Å². The molecular weight excluding hydrogens is 257 g/mol. The molecule has 0 bridgehead atoms. The number of nitrogens with zero attached hydrogens (tertiary/aromatic N) is 2. The van der Waals surface area contributed by atoms with Crippen molar-refractivity contribution in [1.82, 2.24) is 9.97 Å². The van der Waals surface area contributed by atoms with Gasteiger partial charge in [0.15, 0.2) is 5.82 Å². The van der Waals surface area contributed by atoms with E-state index in [1.54, 1.807) is 25.2 Å². The number of halogens is 2. The molecule has 0 saturated carbocycles. The Balaban J connectivity index is 2.34. The lowest BCUT2D eigenvalue weighted by molar-refractivity contribution is 0.632. The van der Waals surface area contributed by atoms with Crippen molar-refractivity contribution in [3.8, 4) is 0 Å². The number of anilines is 4. The van der Waals surface area contributed by atoms with Crippen LogP contribution in [0.25, 0.3) is 0 Å². The Morgan fingerprint density at radius 3 is 2.72 bits per heavy atom. The van der Waals surface area contributed by atoms with E-state index in [4.69, 9.17) is 17.3 Å². The molecule has 0 saturated heterocycles. The molecule has 0 atom stereocenters. The van der Waals surface area contributed by atoms with Crippen molar-refractivity contribution in [2.75, 3.05) is 23.4 Å². The van der Waals surface area contributed by atoms with Crippen molar-refractivity contribution in [3.63, 3.8) is 0 Å². The third-order valence-electron chi connectivity index (χ3n) is 2.21. The Bertz CT molecular complexity index is 575. The molecule has 0 radical (unpaired) electrons. The zero-order valence-electron chi connectivity index (χ0n) is 9.54. The molecule has 0 aliphatic carbocycles. The first-order valence-corrected chi connectivity index (χ1v) is 5.51. The number of benzene rings is 1. The topological polar surface area (TPSA) is 75.9 Å². The zero-order chi connectivity index (χ0) is 13.1. The summed E-state index contributed by atoms with van der Waals surface area (Å²) in [5.41, 5.74) is 5.76. The van der Waals surface area contributed by atoms with Crippen LogP contribution in [0.4, 0.5) is 27.7 Å². The summed E-state index contributed by atoms with van der Waals surface area (Å²) in [4.78, 5) is 7.88. The number of nitrogen functional groups attached to an aromatic ring is 1. The van der Waals surface area contributed by atoms with Gasteiger partial charge in [-0.2, -0.15) is 9.97 Å². The first-order chi connectivity index (χ1) is 8.60. The predicted octanol–water partition coefficient (Wildman–Crippen LogP) is 2.64. The third kappa shape index (κ3) is 2.60. The van der Waals surface area contributed by atoms with Crippen molar-refractivity contribution < 1.29 is 4.39 Å². The van der Waals surface area contributed by atoms with Crippen molar-refractivity contribution in [3.05, 3.63) is 35.1 Å². The average Bonchev–Trinajstić information content (AvgIpc) is 2.34. The molecule has 4 N–H and O–H groups in total. The van der Waals surface area contributed by atoms with Crippen LogP contribution in [0.3, 0.4) is 0 Å². The number of nitrogens with one attached hydrogen (secondary N) is 2. The van der Waals surface area contributed by atoms with Gasteiger partial charge in [-0.3, -0.25) is 0 Å². The molecule has 18 heavy (non-hydrogen) atoms. The molecule has 0 unspecified atom stereocenters. The number of nitrogens with two attached hydrogens (primary N) is 1. The van der Waals surface area contributed by atoms with Gasteiger partial charge in [-0.05, 0) is 12.1 Å². The third-order valence-corrected chi connectivity index (χ3v) is 2.51. The van der Waals surface area contributed by atoms with Gasteiger partial charge < -0.3 is 16.4 Å². The van der Waals surface area contributed by atoms with E-state index in [1.807, 2.05) is 0 Å². The molecule has 7 heteroatoms. The molecule has 1 heterocycles.